The topological polar surface area (TPSA) is 70.7 Å². The van der Waals surface area contributed by atoms with Crippen LogP contribution in [0.3, 0.4) is 0 Å². The maximum atomic E-state index is 12.8. The molecule has 3 N–H and O–H groups in total. The standard InChI is InChI=1S/C18H25F3N4O.HI/c1-2-23-17(25-8-4-6-14(12-25)10-16(22)26)24-11-13-5-3-7-15(9-13)18(19,20)21;/h3,5,7,9,14H,2,4,6,8,10-12H2,1H3,(H2,22,26)(H,23,24);1H. The Morgan fingerprint density at radius 2 is 2.15 bits per heavy atom. The third-order valence-electron chi connectivity index (χ3n) is 4.31. The van der Waals surface area contributed by atoms with Gasteiger partial charge in [-0.15, -0.1) is 24.0 Å². The maximum absolute atomic E-state index is 12.8. The first kappa shape index (κ1) is 23.5. The van der Waals surface area contributed by atoms with Crippen molar-refractivity contribution in [1.29, 1.82) is 0 Å². The molecule has 0 aromatic heterocycles. The van der Waals surface area contributed by atoms with E-state index in [4.69, 9.17) is 5.73 Å². The Morgan fingerprint density at radius 1 is 1.41 bits per heavy atom. The molecule has 1 amide bonds. The third-order valence-corrected chi connectivity index (χ3v) is 4.31. The molecule has 1 aromatic rings. The molecule has 0 bridgehead atoms. The monoisotopic (exact) mass is 498 g/mol. The molecule has 27 heavy (non-hydrogen) atoms. The van der Waals surface area contributed by atoms with E-state index in [2.05, 4.69) is 10.3 Å². The zero-order chi connectivity index (χ0) is 19.2. The number of hydrogen-bond donors (Lipinski definition) is 2. The second-order valence-corrected chi connectivity index (χ2v) is 6.49. The fourth-order valence-corrected chi connectivity index (χ4v) is 3.15. The SMILES string of the molecule is CCNC(=NCc1cccc(C(F)(F)F)c1)N1CCCC(CC(N)=O)C1.I. The molecule has 1 aliphatic rings. The first-order valence-electron chi connectivity index (χ1n) is 8.77. The summed E-state index contributed by atoms with van der Waals surface area (Å²) in [6, 6.07) is 5.20. The Hall–Kier alpha value is -1.52. The van der Waals surface area contributed by atoms with Gasteiger partial charge in [0.25, 0.3) is 0 Å². The van der Waals surface area contributed by atoms with Crippen LogP contribution in [0.2, 0.25) is 0 Å². The van der Waals surface area contributed by atoms with Gasteiger partial charge < -0.3 is 16.0 Å². The summed E-state index contributed by atoms with van der Waals surface area (Å²) < 4.78 is 38.5. The second kappa shape index (κ2) is 10.7. The number of amides is 1. The molecule has 1 fully saturated rings. The van der Waals surface area contributed by atoms with Gasteiger partial charge in [-0.05, 0) is 43.4 Å². The number of aliphatic imine (C=N–C) groups is 1. The van der Waals surface area contributed by atoms with Crippen molar-refractivity contribution < 1.29 is 18.0 Å². The number of nitrogens with two attached hydrogens (primary N) is 1. The largest absolute Gasteiger partial charge is 0.416 e. The fourth-order valence-electron chi connectivity index (χ4n) is 3.15. The van der Waals surface area contributed by atoms with Crippen LogP contribution < -0.4 is 11.1 Å². The quantitative estimate of drug-likeness (QED) is 0.372. The predicted molar refractivity (Wildman–Crippen MR) is 110 cm³/mol. The zero-order valence-electron chi connectivity index (χ0n) is 15.3. The number of piperidine rings is 1. The second-order valence-electron chi connectivity index (χ2n) is 6.49. The third kappa shape index (κ3) is 7.55. The summed E-state index contributed by atoms with van der Waals surface area (Å²) in [4.78, 5) is 17.7. The van der Waals surface area contributed by atoms with Crippen molar-refractivity contribution >= 4 is 35.8 Å². The molecule has 0 aliphatic carbocycles. The van der Waals surface area contributed by atoms with Crippen LogP contribution in [-0.2, 0) is 17.5 Å². The lowest BCUT2D eigenvalue weighted by atomic mass is 9.95. The fraction of sp³-hybridized carbons (Fsp3) is 0.556. The Morgan fingerprint density at radius 3 is 2.78 bits per heavy atom. The highest BCUT2D eigenvalue weighted by Gasteiger charge is 2.30. The molecule has 1 aromatic carbocycles. The van der Waals surface area contributed by atoms with Gasteiger partial charge in [-0.2, -0.15) is 13.2 Å². The van der Waals surface area contributed by atoms with E-state index in [0.29, 0.717) is 31.0 Å². The van der Waals surface area contributed by atoms with Crippen LogP contribution in [0.5, 0.6) is 0 Å². The number of guanidine groups is 1. The average Bonchev–Trinajstić information content (AvgIpc) is 2.58. The molecule has 1 aliphatic heterocycles. The number of hydrogen-bond acceptors (Lipinski definition) is 2. The highest BCUT2D eigenvalue weighted by atomic mass is 127. The number of rotatable bonds is 5. The molecule has 9 heteroatoms. The van der Waals surface area contributed by atoms with E-state index in [9.17, 15) is 18.0 Å². The van der Waals surface area contributed by atoms with Gasteiger partial charge in [0.15, 0.2) is 5.96 Å². The Labute approximate surface area is 174 Å². The minimum atomic E-state index is -4.36. The van der Waals surface area contributed by atoms with E-state index in [0.717, 1.165) is 31.5 Å². The summed E-state index contributed by atoms with van der Waals surface area (Å²) in [6.45, 7) is 4.20. The van der Waals surface area contributed by atoms with Crippen LogP contribution >= 0.6 is 24.0 Å². The number of nitrogens with one attached hydrogen (secondary N) is 1. The molecule has 0 spiro atoms. The lowest BCUT2D eigenvalue weighted by Crippen LogP contribution is -2.47. The number of carbonyl (C=O) groups is 1. The summed E-state index contributed by atoms with van der Waals surface area (Å²) >= 11 is 0. The van der Waals surface area contributed by atoms with Crippen molar-refractivity contribution in [3.8, 4) is 0 Å². The van der Waals surface area contributed by atoms with Gasteiger partial charge in [-0.3, -0.25) is 4.79 Å². The summed E-state index contributed by atoms with van der Waals surface area (Å²) in [5, 5.41) is 3.18. The number of alkyl halides is 3. The highest BCUT2D eigenvalue weighted by molar-refractivity contribution is 14.0. The first-order valence-corrected chi connectivity index (χ1v) is 8.77. The van der Waals surface area contributed by atoms with Gasteiger partial charge >= 0.3 is 6.18 Å². The van der Waals surface area contributed by atoms with Crippen LogP contribution in [0.4, 0.5) is 13.2 Å². The van der Waals surface area contributed by atoms with Crippen LogP contribution in [0.1, 0.15) is 37.3 Å². The van der Waals surface area contributed by atoms with Crippen LogP contribution in [-0.4, -0.2) is 36.4 Å². The van der Waals surface area contributed by atoms with Gasteiger partial charge in [0.1, 0.15) is 0 Å². The highest BCUT2D eigenvalue weighted by Crippen LogP contribution is 2.29. The lowest BCUT2D eigenvalue weighted by Gasteiger charge is -2.34. The Kier molecular flexibility index (Phi) is 9.34. The zero-order valence-corrected chi connectivity index (χ0v) is 17.6. The number of carbonyl (C=O) groups excluding carboxylic acids is 1. The molecule has 5 nitrogen and oxygen atoms in total. The predicted octanol–water partition coefficient (Wildman–Crippen LogP) is 3.38. The van der Waals surface area contributed by atoms with Crippen molar-refractivity contribution in [2.24, 2.45) is 16.6 Å². The molecule has 1 heterocycles. The molecule has 0 saturated carbocycles. The summed E-state index contributed by atoms with van der Waals surface area (Å²) in [6.07, 6.45) is -2.17. The summed E-state index contributed by atoms with van der Waals surface area (Å²) in [5.74, 6) is 0.514. The van der Waals surface area contributed by atoms with Crippen molar-refractivity contribution in [1.82, 2.24) is 10.2 Å². The molecule has 0 radical (unpaired) electrons. The molecular weight excluding hydrogens is 472 g/mol. The number of halogens is 4. The van der Waals surface area contributed by atoms with Gasteiger partial charge in [0.2, 0.25) is 5.91 Å². The summed E-state index contributed by atoms with van der Waals surface area (Å²) in [7, 11) is 0. The van der Waals surface area contributed by atoms with E-state index >= 15 is 0 Å². The van der Waals surface area contributed by atoms with Crippen molar-refractivity contribution in [3.05, 3.63) is 35.4 Å². The van der Waals surface area contributed by atoms with E-state index in [1.54, 1.807) is 6.07 Å². The smallest absolute Gasteiger partial charge is 0.370 e. The first-order chi connectivity index (χ1) is 12.3. The van der Waals surface area contributed by atoms with E-state index in [-0.39, 0.29) is 42.3 Å². The van der Waals surface area contributed by atoms with Gasteiger partial charge in [-0.1, -0.05) is 12.1 Å². The lowest BCUT2D eigenvalue weighted by molar-refractivity contribution is -0.137. The van der Waals surface area contributed by atoms with Crippen molar-refractivity contribution in [2.45, 2.75) is 38.9 Å². The number of benzene rings is 1. The summed E-state index contributed by atoms with van der Waals surface area (Å²) in [5.41, 5.74) is 5.12. The molecule has 2 rings (SSSR count). The maximum Gasteiger partial charge on any atom is 0.416 e. The van der Waals surface area contributed by atoms with Crippen molar-refractivity contribution in [3.63, 3.8) is 0 Å². The molecule has 1 unspecified atom stereocenters. The molecular formula is C18H26F3IN4O. The molecule has 1 saturated heterocycles. The van der Waals surface area contributed by atoms with E-state index < -0.39 is 11.7 Å². The van der Waals surface area contributed by atoms with E-state index in [1.807, 2.05) is 11.8 Å². The van der Waals surface area contributed by atoms with E-state index in [1.165, 1.54) is 6.07 Å². The Bertz CT molecular complexity index is 652. The van der Waals surface area contributed by atoms with Gasteiger partial charge in [0, 0.05) is 26.1 Å². The normalized spacial score (nSPS) is 18.0. The van der Waals surface area contributed by atoms with Crippen molar-refractivity contribution in [2.75, 3.05) is 19.6 Å². The number of likely N-dealkylation sites (tertiary alicyclic amines) is 1. The average molecular weight is 498 g/mol. The molecule has 1 atom stereocenters. The minimum Gasteiger partial charge on any atom is -0.370 e. The molecule has 152 valence electrons. The minimum absolute atomic E-state index is 0. The number of primary amides is 1. The van der Waals surface area contributed by atoms with Crippen LogP contribution in [0.15, 0.2) is 29.3 Å². The van der Waals surface area contributed by atoms with Crippen LogP contribution in [0.25, 0.3) is 0 Å². The Balaban J connectivity index is 0.00000364. The number of nitrogens with zero attached hydrogens (tertiary/aromatic N) is 2. The van der Waals surface area contributed by atoms with Gasteiger partial charge in [-0.25, -0.2) is 4.99 Å². The van der Waals surface area contributed by atoms with Gasteiger partial charge in [0.05, 0.1) is 12.1 Å². The van der Waals surface area contributed by atoms with Crippen LogP contribution in [0, 0.1) is 5.92 Å².